The lowest BCUT2D eigenvalue weighted by Gasteiger charge is -2.45. The molecule has 5 heteroatoms. The number of rotatable bonds is 6. The highest BCUT2D eigenvalue weighted by molar-refractivity contribution is 5.77. The lowest BCUT2D eigenvalue weighted by Crippen LogP contribution is -2.56. The summed E-state index contributed by atoms with van der Waals surface area (Å²) in [5, 5.41) is 0. The second-order valence-corrected chi connectivity index (χ2v) is 7.78. The van der Waals surface area contributed by atoms with Gasteiger partial charge in [0.05, 0.1) is 38.8 Å². The van der Waals surface area contributed by atoms with Crippen molar-refractivity contribution in [1.82, 2.24) is 4.90 Å². The molecule has 1 amide bonds. The first-order chi connectivity index (χ1) is 13.4. The van der Waals surface area contributed by atoms with Crippen LogP contribution in [-0.2, 0) is 9.53 Å². The van der Waals surface area contributed by atoms with Gasteiger partial charge < -0.3 is 19.1 Å². The monoisotopic (exact) mass is 383 g/mol. The first-order valence-corrected chi connectivity index (χ1v) is 9.65. The van der Waals surface area contributed by atoms with E-state index in [1.807, 2.05) is 74.2 Å². The molecule has 1 aliphatic heterocycles. The Kier molecular flexibility index (Phi) is 6.25. The number of hydrogen-bond donors (Lipinski definition) is 0. The average Bonchev–Trinajstić information content (AvgIpc) is 2.69. The third-order valence-corrected chi connectivity index (χ3v) is 5.08. The first kappa shape index (κ1) is 20.2. The van der Waals surface area contributed by atoms with Crippen LogP contribution in [0.2, 0.25) is 0 Å². The van der Waals surface area contributed by atoms with Gasteiger partial charge in [-0.25, -0.2) is 0 Å². The fourth-order valence-corrected chi connectivity index (χ4v) is 3.43. The normalized spacial score (nSPS) is 18.6. The Morgan fingerprint density at radius 3 is 2.64 bits per heavy atom. The number of carbonyl (C=O) groups is 1. The number of ether oxygens (including phenoxy) is 3. The number of hydrogen-bond acceptors (Lipinski definition) is 4. The van der Waals surface area contributed by atoms with Gasteiger partial charge >= 0.3 is 0 Å². The van der Waals surface area contributed by atoms with Crippen LogP contribution in [-0.4, -0.2) is 43.2 Å². The Bertz CT molecular complexity index is 804. The van der Waals surface area contributed by atoms with E-state index in [0.29, 0.717) is 37.7 Å². The molecule has 1 atom stereocenters. The maximum atomic E-state index is 12.9. The van der Waals surface area contributed by atoms with E-state index in [9.17, 15) is 4.79 Å². The van der Waals surface area contributed by atoms with E-state index in [0.717, 1.165) is 11.1 Å². The van der Waals surface area contributed by atoms with E-state index in [2.05, 4.69) is 0 Å². The average molecular weight is 383 g/mol. The largest absolute Gasteiger partial charge is 0.493 e. The molecular formula is C23H29NO4. The summed E-state index contributed by atoms with van der Waals surface area (Å²) in [5.74, 6) is 1.41. The molecule has 0 saturated carbocycles. The quantitative estimate of drug-likeness (QED) is 0.752. The van der Waals surface area contributed by atoms with Crippen molar-refractivity contribution in [3.8, 4) is 11.5 Å². The van der Waals surface area contributed by atoms with Crippen LogP contribution in [0.3, 0.4) is 0 Å². The summed E-state index contributed by atoms with van der Waals surface area (Å²) in [5.41, 5.74) is 1.85. The van der Waals surface area contributed by atoms with Crippen molar-refractivity contribution in [2.45, 2.75) is 38.8 Å². The maximum absolute atomic E-state index is 12.9. The molecule has 3 rings (SSSR count). The highest BCUT2D eigenvalue weighted by Crippen LogP contribution is 2.31. The van der Waals surface area contributed by atoms with Crippen LogP contribution in [0.4, 0.5) is 0 Å². The molecule has 2 aromatic carbocycles. The molecule has 28 heavy (non-hydrogen) atoms. The van der Waals surface area contributed by atoms with Gasteiger partial charge in [-0.1, -0.05) is 36.4 Å². The fraction of sp³-hybridized carbons (Fsp3) is 0.435. The Morgan fingerprint density at radius 1 is 1.18 bits per heavy atom. The minimum absolute atomic E-state index is 0.0697. The number of benzene rings is 2. The zero-order valence-electron chi connectivity index (χ0n) is 17.1. The summed E-state index contributed by atoms with van der Waals surface area (Å²) in [4.78, 5) is 14.9. The van der Waals surface area contributed by atoms with E-state index in [4.69, 9.17) is 14.2 Å². The predicted octanol–water partition coefficient (Wildman–Crippen LogP) is 4.15. The Morgan fingerprint density at radius 2 is 1.93 bits per heavy atom. The van der Waals surface area contributed by atoms with Gasteiger partial charge in [-0.05, 0) is 44.0 Å². The van der Waals surface area contributed by atoms with Crippen molar-refractivity contribution >= 4 is 5.91 Å². The molecule has 5 nitrogen and oxygen atoms in total. The Labute approximate surface area is 167 Å². The second kappa shape index (κ2) is 8.65. The summed E-state index contributed by atoms with van der Waals surface area (Å²) < 4.78 is 17.2. The van der Waals surface area contributed by atoms with Crippen LogP contribution in [0.15, 0.2) is 48.5 Å². The SMILES string of the molecule is COc1cc(C)ccc1OCCC(=O)N1CC(c2ccccc2)OCC1(C)C. The summed E-state index contributed by atoms with van der Waals surface area (Å²) in [7, 11) is 1.62. The number of aryl methyl sites for hydroxylation is 1. The fourth-order valence-electron chi connectivity index (χ4n) is 3.43. The molecule has 2 aromatic rings. The zero-order valence-corrected chi connectivity index (χ0v) is 17.1. The molecule has 0 aromatic heterocycles. The van der Waals surface area contributed by atoms with E-state index in [1.54, 1.807) is 7.11 Å². The van der Waals surface area contributed by atoms with E-state index >= 15 is 0 Å². The predicted molar refractivity (Wildman–Crippen MR) is 109 cm³/mol. The Hall–Kier alpha value is -2.53. The molecule has 0 bridgehead atoms. The number of nitrogens with zero attached hydrogens (tertiary/aromatic N) is 1. The molecule has 0 spiro atoms. The molecule has 0 radical (unpaired) electrons. The van der Waals surface area contributed by atoms with E-state index < -0.39 is 0 Å². The van der Waals surface area contributed by atoms with Crippen molar-refractivity contribution < 1.29 is 19.0 Å². The topological polar surface area (TPSA) is 48.0 Å². The Balaban J connectivity index is 1.62. The van der Waals surface area contributed by atoms with Gasteiger partial charge in [0.25, 0.3) is 0 Å². The molecule has 0 aliphatic carbocycles. The lowest BCUT2D eigenvalue weighted by atomic mass is 9.97. The highest BCUT2D eigenvalue weighted by atomic mass is 16.5. The van der Waals surface area contributed by atoms with Crippen LogP contribution in [0.5, 0.6) is 11.5 Å². The minimum atomic E-state index is -0.343. The third kappa shape index (κ3) is 4.65. The molecule has 0 N–H and O–H groups in total. The van der Waals surface area contributed by atoms with Crippen LogP contribution < -0.4 is 9.47 Å². The van der Waals surface area contributed by atoms with Gasteiger partial charge in [0, 0.05) is 0 Å². The third-order valence-electron chi connectivity index (χ3n) is 5.08. The smallest absolute Gasteiger partial charge is 0.226 e. The van der Waals surface area contributed by atoms with Gasteiger partial charge in [0.2, 0.25) is 5.91 Å². The first-order valence-electron chi connectivity index (χ1n) is 9.65. The van der Waals surface area contributed by atoms with Gasteiger partial charge in [0.15, 0.2) is 11.5 Å². The summed E-state index contributed by atoms with van der Waals surface area (Å²) in [6.45, 7) is 7.43. The number of methoxy groups -OCH3 is 1. The van der Waals surface area contributed by atoms with Crippen molar-refractivity contribution in [3.63, 3.8) is 0 Å². The van der Waals surface area contributed by atoms with Gasteiger partial charge in [-0.2, -0.15) is 0 Å². The van der Waals surface area contributed by atoms with Crippen molar-refractivity contribution in [2.75, 3.05) is 26.9 Å². The van der Waals surface area contributed by atoms with Crippen LogP contribution in [0, 0.1) is 6.92 Å². The van der Waals surface area contributed by atoms with E-state index in [-0.39, 0.29) is 17.6 Å². The minimum Gasteiger partial charge on any atom is -0.493 e. The molecule has 1 fully saturated rings. The van der Waals surface area contributed by atoms with Gasteiger partial charge in [0.1, 0.15) is 6.10 Å². The van der Waals surface area contributed by atoms with Crippen molar-refractivity contribution in [2.24, 2.45) is 0 Å². The highest BCUT2D eigenvalue weighted by Gasteiger charge is 2.38. The van der Waals surface area contributed by atoms with Crippen LogP contribution in [0.25, 0.3) is 0 Å². The number of carbonyl (C=O) groups excluding carboxylic acids is 1. The molecule has 150 valence electrons. The van der Waals surface area contributed by atoms with E-state index in [1.165, 1.54) is 0 Å². The molecule has 1 unspecified atom stereocenters. The van der Waals surface area contributed by atoms with Crippen molar-refractivity contribution in [3.05, 3.63) is 59.7 Å². The van der Waals surface area contributed by atoms with Gasteiger partial charge in [-0.3, -0.25) is 4.79 Å². The van der Waals surface area contributed by atoms with Crippen LogP contribution >= 0.6 is 0 Å². The van der Waals surface area contributed by atoms with Crippen molar-refractivity contribution in [1.29, 1.82) is 0 Å². The number of amides is 1. The molecule has 1 saturated heterocycles. The standard InChI is InChI=1S/C23H29NO4/c1-17-10-11-19(20(14-17)26-4)27-13-12-22(25)24-15-21(28-16-23(24,2)3)18-8-6-5-7-9-18/h5-11,14,21H,12-13,15-16H2,1-4H3. The van der Waals surface area contributed by atoms with Crippen LogP contribution in [0.1, 0.15) is 37.5 Å². The summed E-state index contributed by atoms with van der Waals surface area (Å²) in [6.07, 6.45) is 0.207. The zero-order chi connectivity index (χ0) is 20.1. The summed E-state index contributed by atoms with van der Waals surface area (Å²) >= 11 is 0. The summed E-state index contributed by atoms with van der Waals surface area (Å²) in [6, 6.07) is 15.8. The lowest BCUT2D eigenvalue weighted by molar-refractivity contribution is -0.155. The molecular weight excluding hydrogens is 354 g/mol. The maximum Gasteiger partial charge on any atom is 0.226 e. The molecule has 1 aliphatic rings. The van der Waals surface area contributed by atoms with Gasteiger partial charge in [-0.15, -0.1) is 0 Å². The molecule has 1 heterocycles. The second-order valence-electron chi connectivity index (χ2n) is 7.78. The number of morpholine rings is 1.